The number of urea groups is 1. The number of hydrogen-bond acceptors (Lipinski definition) is 10. The molecule has 4 saturated heterocycles. The quantitative estimate of drug-likeness (QED) is 0.307. The number of amides is 6. The molecule has 280 valence electrons. The molecule has 1 aromatic carbocycles. The fourth-order valence-corrected chi connectivity index (χ4v) is 8.24. The standard InChI is InChI=1S/C36H48N8O7S/c1-22-17-29-34(49)51-21-26(38-19-25(18-24-9-4-3-5-10-24)40-35(50)41-36-37-13-16-52-36)32(47)43-15-8-12-28(43)33(48)42-14-7-6-11-27(42)30(45)39-23(2)31(46)44(29)20-22/h3-5,9-10,13,16,22-23,25-29,38H,6-8,11-12,14-15,17-21H2,1-2H3,(H,39,45)(H2,37,40,41,50)/t22-,23+,25+,26+,27+,28+,29+/m1/s1. The molecule has 6 rings (SSSR count). The maximum absolute atomic E-state index is 14.4. The summed E-state index contributed by atoms with van der Waals surface area (Å²) in [5.41, 5.74) is 0.958. The topological polar surface area (TPSA) is 182 Å². The highest BCUT2D eigenvalue weighted by atomic mass is 32.1. The average molecular weight is 737 g/mol. The molecule has 0 saturated carbocycles. The van der Waals surface area contributed by atoms with Crippen molar-refractivity contribution in [2.75, 3.05) is 38.1 Å². The molecule has 4 aliphatic rings. The van der Waals surface area contributed by atoms with E-state index in [1.54, 1.807) is 23.4 Å². The Morgan fingerprint density at radius 1 is 0.942 bits per heavy atom. The van der Waals surface area contributed by atoms with E-state index >= 15 is 0 Å². The number of aromatic nitrogens is 1. The fraction of sp³-hybridized carbons (Fsp3) is 0.583. The minimum Gasteiger partial charge on any atom is -0.462 e. The molecule has 4 fully saturated rings. The fourth-order valence-electron chi connectivity index (χ4n) is 7.72. The van der Waals surface area contributed by atoms with Gasteiger partial charge in [-0.05, 0) is 63.4 Å². The lowest BCUT2D eigenvalue weighted by Crippen LogP contribution is -2.61. The van der Waals surface area contributed by atoms with Gasteiger partial charge in [-0.15, -0.1) is 11.3 Å². The van der Waals surface area contributed by atoms with Crippen LogP contribution in [0.1, 0.15) is 57.9 Å². The summed E-state index contributed by atoms with van der Waals surface area (Å²) >= 11 is 1.28. The summed E-state index contributed by atoms with van der Waals surface area (Å²) in [5.74, 6) is -2.17. The van der Waals surface area contributed by atoms with Crippen LogP contribution < -0.4 is 21.3 Å². The van der Waals surface area contributed by atoms with E-state index in [1.807, 2.05) is 37.3 Å². The third-order valence-corrected chi connectivity index (χ3v) is 11.0. The highest BCUT2D eigenvalue weighted by Gasteiger charge is 2.45. The number of nitrogens with one attached hydrogen (secondary N) is 4. The second-order valence-corrected chi connectivity index (χ2v) is 15.1. The Kier molecular flexibility index (Phi) is 12.0. The van der Waals surface area contributed by atoms with Gasteiger partial charge in [0.05, 0.1) is 0 Å². The molecule has 6 amide bonds. The highest BCUT2D eigenvalue weighted by Crippen LogP contribution is 2.28. The summed E-state index contributed by atoms with van der Waals surface area (Å²) in [6.07, 6.45) is 5.35. The first-order chi connectivity index (χ1) is 25.1. The van der Waals surface area contributed by atoms with Crippen molar-refractivity contribution >= 4 is 52.1 Å². The van der Waals surface area contributed by atoms with Crippen molar-refractivity contribution in [1.82, 2.24) is 35.6 Å². The molecule has 52 heavy (non-hydrogen) atoms. The van der Waals surface area contributed by atoms with Crippen LogP contribution in [0.5, 0.6) is 0 Å². The van der Waals surface area contributed by atoms with Crippen molar-refractivity contribution in [2.24, 2.45) is 5.92 Å². The van der Waals surface area contributed by atoms with Crippen LogP contribution in [-0.4, -0.2) is 124 Å². The largest absolute Gasteiger partial charge is 0.462 e. The molecule has 0 spiro atoms. The Morgan fingerprint density at radius 3 is 2.46 bits per heavy atom. The number of rotatable bonds is 7. The molecule has 4 aliphatic heterocycles. The smallest absolute Gasteiger partial charge is 0.328 e. The molecule has 0 radical (unpaired) electrons. The molecule has 7 atom stereocenters. The third-order valence-electron chi connectivity index (χ3n) is 10.3. The number of carbonyl (C=O) groups is 6. The molecule has 0 aliphatic carbocycles. The van der Waals surface area contributed by atoms with Gasteiger partial charge in [0.15, 0.2) is 5.13 Å². The predicted molar refractivity (Wildman–Crippen MR) is 192 cm³/mol. The zero-order valence-electron chi connectivity index (χ0n) is 29.6. The van der Waals surface area contributed by atoms with Gasteiger partial charge < -0.3 is 35.4 Å². The highest BCUT2D eigenvalue weighted by molar-refractivity contribution is 7.13. The van der Waals surface area contributed by atoms with Crippen molar-refractivity contribution in [3.63, 3.8) is 0 Å². The molecular formula is C36H48N8O7S. The number of hydrogen-bond donors (Lipinski definition) is 4. The first kappa shape index (κ1) is 37.2. The maximum atomic E-state index is 14.4. The summed E-state index contributed by atoms with van der Waals surface area (Å²) < 4.78 is 5.82. The van der Waals surface area contributed by atoms with Crippen LogP contribution >= 0.6 is 11.3 Å². The Hall–Kier alpha value is -4.57. The lowest BCUT2D eigenvalue weighted by molar-refractivity contribution is -0.158. The molecular weight excluding hydrogens is 689 g/mol. The van der Waals surface area contributed by atoms with E-state index < -0.39 is 66.0 Å². The molecule has 0 unspecified atom stereocenters. The Morgan fingerprint density at radius 2 is 1.69 bits per heavy atom. The number of cyclic esters (lactones) is 1. The van der Waals surface area contributed by atoms with Gasteiger partial charge in [-0.25, -0.2) is 14.6 Å². The van der Waals surface area contributed by atoms with E-state index in [1.165, 1.54) is 21.1 Å². The third kappa shape index (κ3) is 8.72. The van der Waals surface area contributed by atoms with Gasteiger partial charge in [-0.3, -0.25) is 24.5 Å². The van der Waals surface area contributed by atoms with Gasteiger partial charge in [0, 0.05) is 43.8 Å². The lowest BCUT2D eigenvalue weighted by atomic mass is 9.99. The van der Waals surface area contributed by atoms with Crippen molar-refractivity contribution in [1.29, 1.82) is 0 Å². The second kappa shape index (κ2) is 16.8. The first-order valence-corrected chi connectivity index (χ1v) is 19.1. The predicted octanol–water partition coefficient (Wildman–Crippen LogP) is 1.50. The van der Waals surface area contributed by atoms with E-state index in [9.17, 15) is 28.8 Å². The Labute approximate surface area is 307 Å². The van der Waals surface area contributed by atoms with E-state index in [-0.39, 0.29) is 25.0 Å². The van der Waals surface area contributed by atoms with Crippen LogP contribution in [0.25, 0.3) is 0 Å². The summed E-state index contributed by atoms with van der Waals surface area (Å²) in [5, 5.41) is 14.0. The summed E-state index contributed by atoms with van der Waals surface area (Å²) in [7, 11) is 0. The summed E-state index contributed by atoms with van der Waals surface area (Å²) in [6, 6.07) is 4.21. The van der Waals surface area contributed by atoms with Crippen molar-refractivity contribution < 1.29 is 33.5 Å². The number of piperidine rings is 1. The van der Waals surface area contributed by atoms with Crippen LogP contribution in [0.3, 0.4) is 0 Å². The van der Waals surface area contributed by atoms with Gasteiger partial charge in [0.2, 0.25) is 23.6 Å². The number of ether oxygens (including phenoxy) is 1. The molecule has 2 aromatic rings. The molecule has 5 heterocycles. The van der Waals surface area contributed by atoms with Crippen LogP contribution in [0.4, 0.5) is 9.93 Å². The van der Waals surface area contributed by atoms with E-state index in [0.29, 0.717) is 56.9 Å². The van der Waals surface area contributed by atoms with Gasteiger partial charge >= 0.3 is 12.0 Å². The van der Waals surface area contributed by atoms with E-state index in [0.717, 1.165) is 18.4 Å². The Balaban J connectivity index is 1.27. The zero-order chi connectivity index (χ0) is 36.8. The molecule has 1 aromatic heterocycles. The monoisotopic (exact) mass is 736 g/mol. The molecule has 4 N–H and O–H groups in total. The number of anilines is 1. The number of fused-ring (bicyclic) bond motifs is 3. The molecule has 16 heteroatoms. The number of carbonyl (C=O) groups excluding carboxylic acids is 6. The Bertz CT molecular complexity index is 1610. The van der Waals surface area contributed by atoms with Crippen LogP contribution in [-0.2, 0) is 35.1 Å². The SMILES string of the molecule is C[C@@H]1C[C@H]2C(=O)OC[C@H](NC[C@H](Cc3ccccc3)NC(=O)Nc3nccs3)C(=O)N3CCC[C@H]3C(=O)N3CCCC[C@H]3C(=O)N[C@@H](C)C(=O)N2C1. The van der Waals surface area contributed by atoms with Gasteiger partial charge in [-0.2, -0.15) is 0 Å². The lowest BCUT2D eigenvalue weighted by Gasteiger charge is -2.39. The zero-order valence-corrected chi connectivity index (χ0v) is 30.4. The van der Waals surface area contributed by atoms with Crippen molar-refractivity contribution in [3.05, 3.63) is 47.5 Å². The minimum absolute atomic E-state index is 0.0131. The van der Waals surface area contributed by atoms with Crippen LogP contribution in [0.15, 0.2) is 41.9 Å². The number of benzene rings is 1. The van der Waals surface area contributed by atoms with E-state index in [2.05, 4.69) is 26.3 Å². The van der Waals surface area contributed by atoms with Crippen molar-refractivity contribution in [3.8, 4) is 0 Å². The maximum Gasteiger partial charge on any atom is 0.328 e. The first-order valence-electron chi connectivity index (χ1n) is 18.2. The van der Waals surface area contributed by atoms with Gasteiger partial charge in [0.1, 0.15) is 36.8 Å². The molecule has 15 nitrogen and oxygen atoms in total. The van der Waals surface area contributed by atoms with Crippen LogP contribution in [0.2, 0.25) is 0 Å². The van der Waals surface area contributed by atoms with E-state index in [4.69, 9.17) is 4.74 Å². The average Bonchev–Trinajstić information content (AvgIpc) is 3.92. The van der Waals surface area contributed by atoms with Gasteiger partial charge in [-0.1, -0.05) is 37.3 Å². The van der Waals surface area contributed by atoms with Crippen molar-refractivity contribution in [2.45, 2.75) is 95.0 Å². The number of nitrogens with zero attached hydrogens (tertiary/aromatic N) is 4. The summed E-state index contributed by atoms with van der Waals surface area (Å²) in [4.78, 5) is 91.2. The number of thiazole rings is 1. The molecule has 0 bridgehead atoms. The minimum atomic E-state index is -1.06. The van der Waals surface area contributed by atoms with Gasteiger partial charge in [0.25, 0.3) is 0 Å². The normalized spacial score (nSPS) is 28.0. The number of esters is 1. The second-order valence-electron chi connectivity index (χ2n) is 14.2. The van der Waals surface area contributed by atoms with Crippen LogP contribution in [0, 0.1) is 5.92 Å². The summed E-state index contributed by atoms with van der Waals surface area (Å²) in [6.45, 7) is 4.33.